The molecule has 0 bridgehead atoms. The van der Waals surface area contributed by atoms with E-state index in [-0.39, 0.29) is 57.5 Å². The molecule has 8 aromatic rings. The summed E-state index contributed by atoms with van der Waals surface area (Å²) in [5.74, 6) is -5.69. The molecule has 0 saturated heterocycles. The van der Waals surface area contributed by atoms with Crippen LogP contribution < -0.4 is 9.47 Å². The predicted octanol–water partition coefficient (Wildman–Crippen LogP) is 10.4. The average molecular weight is 907 g/mol. The summed E-state index contributed by atoms with van der Waals surface area (Å²) in [6, 6.07) is 38.4. The third kappa shape index (κ3) is 6.20. The van der Waals surface area contributed by atoms with Crippen molar-refractivity contribution in [1.29, 1.82) is 0 Å². The number of ether oxygens (including phenoxy) is 2. The van der Waals surface area contributed by atoms with Crippen LogP contribution in [-0.4, -0.2) is 51.1 Å². The average Bonchev–Trinajstić information content (AvgIpc) is 3.81. The molecule has 0 aromatic heterocycles. The zero-order valence-corrected chi connectivity index (χ0v) is 35.8. The van der Waals surface area contributed by atoms with Gasteiger partial charge in [-0.3, -0.25) is 0 Å². The van der Waals surface area contributed by atoms with Crippen LogP contribution in [0.5, 0.6) is 69.0 Å². The molecule has 0 amide bonds. The van der Waals surface area contributed by atoms with E-state index in [4.69, 9.17) is 9.47 Å². The molecule has 10 N–H and O–H groups in total. The SMILES string of the molecule is Oc1ccc(C2c3c(O)cc(O)cc3[C@@H]3c4c(cc(O)cc4[C@H]2[C@@H]2c4cc(O)cc5c4[C@@H](c4cc(O)cc(O)c4[C@H]2c2ccc(O)cc2)[C@@H](c2ccc(O)cc2)O5)O[C@@H]3c2ccc(O)cc2)cc1. The highest BCUT2D eigenvalue weighted by atomic mass is 16.5. The van der Waals surface area contributed by atoms with Crippen LogP contribution in [0.2, 0.25) is 0 Å². The van der Waals surface area contributed by atoms with Gasteiger partial charge in [-0.05, 0) is 117 Å². The highest BCUT2D eigenvalue weighted by molar-refractivity contribution is 5.71. The maximum Gasteiger partial charge on any atom is 0.135 e. The fourth-order valence-electron chi connectivity index (χ4n) is 12.0. The molecule has 8 atom stereocenters. The monoisotopic (exact) mass is 906 g/mol. The summed E-state index contributed by atoms with van der Waals surface area (Å²) >= 11 is 0. The molecule has 2 heterocycles. The molecule has 12 heteroatoms. The van der Waals surface area contributed by atoms with Crippen LogP contribution in [0, 0.1) is 0 Å². The lowest BCUT2D eigenvalue weighted by Gasteiger charge is -2.40. The summed E-state index contributed by atoms with van der Waals surface area (Å²) in [6.07, 6.45) is -1.62. The van der Waals surface area contributed by atoms with Crippen molar-refractivity contribution in [3.05, 3.63) is 212 Å². The van der Waals surface area contributed by atoms with Crippen LogP contribution in [0.15, 0.2) is 146 Å². The van der Waals surface area contributed by atoms with Gasteiger partial charge >= 0.3 is 0 Å². The van der Waals surface area contributed by atoms with E-state index < -0.39 is 47.7 Å². The highest BCUT2D eigenvalue weighted by Gasteiger charge is 2.55. The lowest BCUT2D eigenvalue weighted by molar-refractivity contribution is 0.221. The van der Waals surface area contributed by atoms with E-state index in [9.17, 15) is 51.1 Å². The molecule has 0 fully saturated rings. The molecule has 0 spiro atoms. The van der Waals surface area contributed by atoms with Crippen LogP contribution in [-0.2, 0) is 0 Å². The van der Waals surface area contributed by atoms with Gasteiger partial charge in [0.05, 0.1) is 11.8 Å². The lowest BCUT2D eigenvalue weighted by Crippen LogP contribution is -2.26. The van der Waals surface area contributed by atoms with Gasteiger partial charge in [0.25, 0.3) is 0 Å². The molecule has 12 nitrogen and oxygen atoms in total. The lowest BCUT2D eigenvalue weighted by atomic mass is 9.62. The number of rotatable bonds is 5. The Hall–Kier alpha value is -8.64. The molecule has 0 radical (unpaired) electrons. The van der Waals surface area contributed by atoms with E-state index in [1.807, 2.05) is 0 Å². The Balaban J connectivity index is 1.25. The number of benzene rings is 8. The predicted molar refractivity (Wildman–Crippen MR) is 248 cm³/mol. The maximum atomic E-state index is 12.5. The van der Waals surface area contributed by atoms with Gasteiger partial charge in [0, 0.05) is 70.2 Å². The quantitative estimate of drug-likeness (QED) is 0.0780. The highest BCUT2D eigenvalue weighted by Crippen LogP contribution is 2.69. The van der Waals surface area contributed by atoms with Gasteiger partial charge in [-0.25, -0.2) is 0 Å². The zero-order chi connectivity index (χ0) is 46.9. The van der Waals surface area contributed by atoms with Crippen molar-refractivity contribution in [3.63, 3.8) is 0 Å². The Morgan fingerprint density at radius 3 is 0.897 bits per heavy atom. The number of hydrogen-bond donors (Lipinski definition) is 10. The van der Waals surface area contributed by atoms with Gasteiger partial charge in [-0.1, -0.05) is 48.5 Å². The van der Waals surface area contributed by atoms with Crippen molar-refractivity contribution in [1.82, 2.24) is 0 Å². The van der Waals surface area contributed by atoms with E-state index in [2.05, 4.69) is 0 Å². The Labute approximate surface area is 388 Å². The Bertz CT molecular complexity index is 3110. The van der Waals surface area contributed by atoms with E-state index in [1.165, 1.54) is 24.3 Å². The van der Waals surface area contributed by atoms with Gasteiger partial charge in [0.1, 0.15) is 81.2 Å². The number of hydrogen-bond acceptors (Lipinski definition) is 12. The molecule has 8 aromatic carbocycles. The molecule has 4 aliphatic rings. The number of phenolic OH excluding ortho intramolecular Hbond substituents is 10. The molecular formula is C56H42O12. The van der Waals surface area contributed by atoms with Gasteiger partial charge < -0.3 is 60.5 Å². The molecule has 1 unspecified atom stereocenters. The van der Waals surface area contributed by atoms with Crippen LogP contribution in [0.3, 0.4) is 0 Å². The Morgan fingerprint density at radius 1 is 0.265 bits per heavy atom. The second-order valence-corrected chi connectivity index (χ2v) is 18.2. The first-order chi connectivity index (χ1) is 32.8. The van der Waals surface area contributed by atoms with E-state index >= 15 is 0 Å². The van der Waals surface area contributed by atoms with Crippen molar-refractivity contribution < 1.29 is 60.5 Å². The molecule has 0 saturated carbocycles. The number of aromatic hydroxyl groups is 10. The first kappa shape index (κ1) is 40.8. The van der Waals surface area contributed by atoms with Crippen molar-refractivity contribution in [2.75, 3.05) is 0 Å². The summed E-state index contributed by atoms with van der Waals surface area (Å²) in [7, 11) is 0. The summed E-state index contributed by atoms with van der Waals surface area (Å²) in [6.45, 7) is 0. The van der Waals surface area contributed by atoms with E-state index in [1.54, 1.807) is 121 Å². The van der Waals surface area contributed by atoms with E-state index in [0.717, 1.165) is 0 Å². The molecular weight excluding hydrogens is 865 g/mol. The summed E-state index contributed by atoms with van der Waals surface area (Å²) in [5, 5.41) is 114. The molecule has 68 heavy (non-hydrogen) atoms. The minimum atomic E-state index is -0.918. The summed E-state index contributed by atoms with van der Waals surface area (Å²) in [4.78, 5) is 0. The normalized spacial score (nSPS) is 22.6. The van der Waals surface area contributed by atoms with Crippen molar-refractivity contribution in [3.8, 4) is 69.0 Å². The van der Waals surface area contributed by atoms with Crippen LogP contribution in [0.4, 0.5) is 0 Å². The molecule has 2 aliphatic carbocycles. The molecule has 12 rings (SSSR count). The molecule has 338 valence electrons. The topological polar surface area (TPSA) is 221 Å². The van der Waals surface area contributed by atoms with Crippen molar-refractivity contribution >= 4 is 0 Å². The first-order valence-electron chi connectivity index (χ1n) is 22.2. The zero-order valence-electron chi connectivity index (χ0n) is 35.8. The fraction of sp³-hybridized carbons (Fsp3) is 0.143. The maximum absolute atomic E-state index is 12.5. The fourth-order valence-corrected chi connectivity index (χ4v) is 12.0. The summed E-state index contributed by atoms with van der Waals surface area (Å²) < 4.78 is 13.7. The standard InChI is InChI=1S/C56H42O12/c57-29-9-1-25(2-10-29)45-47-37(17-33(61)21-41(47)65)53-49-39(19-35(63)23-43(49)67-55(53)27-5-13-31(59)14-6-27)51(45)52-40-20-36(64)24-44-50(40)54(56(68-44)28-7-15-32(60)16-8-28)38-18-34(62)22-42(66)48(38)46(52)26-3-11-30(58)12-4-26/h1-24,45-46,51-66H/t45-,46?,51-,52-,53-,54-,55-,56-/m1/s1. The second kappa shape index (κ2) is 14.9. The van der Waals surface area contributed by atoms with Gasteiger partial charge in [-0.15, -0.1) is 0 Å². The largest absolute Gasteiger partial charge is 0.508 e. The van der Waals surface area contributed by atoms with E-state index in [0.29, 0.717) is 78.3 Å². The Kier molecular flexibility index (Phi) is 8.97. The van der Waals surface area contributed by atoms with Gasteiger partial charge in [0.2, 0.25) is 0 Å². The van der Waals surface area contributed by atoms with Gasteiger partial charge in [-0.2, -0.15) is 0 Å². The second-order valence-electron chi connectivity index (χ2n) is 18.2. The molecule has 2 aliphatic heterocycles. The third-order valence-corrected chi connectivity index (χ3v) is 14.5. The number of fused-ring (bicyclic) bond motifs is 4. The minimum Gasteiger partial charge on any atom is -0.508 e. The summed E-state index contributed by atoms with van der Waals surface area (Å²) in [5.41, 5.74) is 6.75. The van der Waals surface area contributed by atoms with Crippen molar-refractivity contribution in [2.45, 2.75) is 47.7 Å². The van der Waals surface area contributed by atoms with Crippen LogP contribution in [0.25, 0.3) is 0 Å². The first-order valence-corrected chi connectivity index (χ1v) is 22.2. The van der Waals surface area contributed by atoms with Crippen LogP contribution >= 0.6 is 0 Å². The van der Waals surface area contributed by atoms with Crippen molar-refractivity contribution in [2.24, 2.45) is 0 Å². The Morgan fingerprint density at radius 2 is 0.559 bits per heavy atom. The van der Waals surface area contributed by atoms with Gasteiger partial charge in [0.15, 0.2) is 0 Å². The van der Waals surface area contributed by atoms with Crippen LogP contribution in [0.1, 0.15) is 114 Å². The minimum absolute atomic E-state index is 0.0182. The number of phenols is 10. The smallest absolute Gasteiger partial charge is 0.135 e. The third-order valence-electron chi connectivity index (χ3n) is 14.5.